The molecule has 2 radical (unpaired) electrons. The third-order valence-electron chi connectivity index (χ3n) is 1.54. The summed E-state index contributed by atoms with van der Waals surface area (Å²) in [7, 11) is 7.62. The van der Waals surface area contributed by atoms with Crippen molar-refractivity contribution in [2.75, 3.05) is 33.2 Å². The summed E-state index contributed by atoms with van der Waals surface area (Å²) >= 11 is 0. The summed E-state index contributed by atoms with van der Waals surface area (Å²) in [5.41, 5.74) is 0. The molecule has 0 unspecified atom stereocenters. The number of piperazine rings is 1. The smallest absolute Gasteiger partial charge is 0.182 e. The van der Waals surface area contributed by atoms with Gasteiger partial charge in [0, 0.05) is 13.1 Å². The molecule has 0 saturated carbocycles. The third-order valence-corrected chi connectivity index (χ3v) is 1.54. The maximum absolute atomic E-state index is 5.50. The van der Waals surface area contributed by atoms with Crippen LogP contribution in [0.2, 0.25) is 0 Å². The van der Waals surface area contributed by atoms with Gasteiger partial charge in [-0.1, -0.05) is 0 Å². The van der Waals surface area contributed by atoms with E-state index in [0.29, 0.717) is 0 Å². The van der Waals surface area contributed by atoms with E-state index in [1.165, 1.54) is 0 Å². The summed E-state index contributed by atoms with van der Waals surface area (Å²) in [6, 6.07) is 0. The number of likely N-dealkylation sites (N-methyl/N-ethyl adjacent to an activating group) is 1. The van der Waals surface area contributed by atoms with Gasteiger partial charge >= 0.3 is 0 Å². The molecule has 0 N–H and O–H groups in total. The Bertz CT molecular complexity index is 58.8. The molecule has 0 aromatic heterocycles. The van der Waals surface area contributed by atoms with E-state index >= 15 is 0 Å². The second-order valence-electron chi connectivity index (χ2n) is 2.34. The van der Waals surface area contributed by atoms with E-state index in [2.05, 4.69) is 11.9 Å². The predicted octanol–water partition coefficient (Wildman–Crippen LogP) is -0.683. The molecule has 1 aliphatic rings. The zero-order valence-corrected chi connectivity index (χ0v) is 5.30. The van der Waals surface area contributed by atoms with Crippen molar-refractivity contribution in [2.45, 2.75) is 0 Å². The first kappa shape index (κ1) is 6.11. The third kappa shape index (κ3) is 1.49. The van der Waals surface area contributed by atoms with Gasteiger partial charge in [-0.05, 0) is 20.1 Å². The fourth-order valence-corrected chi connectivity index (χ4v) is 0.822. The van der Waals surface area contributed by atoms with Crippen molar-refractivity contribution in [1.29, 1.82) is 0 Å². The lowest BCUT2D eigenvalue weighted by atomic mass is 10.2. The Morgan fingerprint density at radius 3 is 2.00 bits per heavy atom. The highest BCUT2D eigenvalue weighted by molar-refractivity contribution is 6.04. The van der Waals surface area contributed by atoms with Gasteiger partial charge in [-0.15, -0.1) is 0 Å². The highest BCUT2D eigenvalue weighted by Crippen LogP contribution is 1.92. The molecule has 1 aliphatic heterocycles. The fourth-order valence-electron chi connectivity index (χ4n) is 0.822. The van der Waals surface area contributed by atoms with E-state index in [-0.39, 0.29) is 0 Å². The van der Waals surface area contributed by atoms with Gasteiger partial charge in [0.25, 0.3) is 0 Å². The molecular formula is C5H11BN2. The zero-order valence-electron chi connectivity index (χ0n) is 5.30. The van der Waals surface area contributed by atoms with Crippen LogP contribution in [0, 0.1) is 0 Å². The van der Waals surface area contributed by atoms with Crippen molar-refractivity contribution in [3.8, 4) is 0 Å². The summed E-state index contributed by atoms with van der Waals surface area (Å²) in [5.74, 6) is 0. The molecule has 0 atom stereocenters. The van der Waals surface area contributed by atoms with E-state index in [4.69, 9.17) is 7.98 Å². The van der Waals surface area contributed by atoms with Crippen LogP contribution in [-0.2, 0) is 0 Å². The topological polar surface area (TPSA) is 6.48 Å². The van der Waals surface area contributed by atoms with Gasteiger partial charge in [0.05, 0.1) is 0 Å². The van der Waals surface area contributed by atoms with Gasteiger partial charge in [0.2, 0.25) is 0 Å². The van der Waals surface area contributed by atoms with Gasteiger partial charge in [0.1, 0.15) is 0 Å². The molecule has 0 bridgehead atoms. The zero-order chi connectivity index (χ0) is 5.98. The van der Waals surface area contributed by atoms with E-state index in [9.17, 15) is 0 Å². The number of nitrogens with zero attached hydrogens (tertiary/aromatic N) is 2. The van der Waals surface area contributed by atoms with Crippen molar-refractivity contribution in [2.24, 2.45) is 0 Å². The van der Waals surface area contributed by atoms with Crippen LogP contribution in [-0.4, -0.2) is 50.9 Å². The summed E-state index contributed by atoms with van der Waals surface area (Å²) in [4.78, 5) is 4.14. The lowest BCUT2D eigenvalue weighted by Gasteiger charge is -2.29. The monoisotopic (exact) mass is 110 g/mol. The maximum Gasteiger partial charge on any atom is 0.182 e. The summed E-state index contributed by atoms with van der Waals surface area (Å²) in [6.45, 7) is 4.24. The lowest BCUT2D eigenvalue weighted by molar-refractivity contribution is 0.227. The second-order valence-corrected chi connectivity index (χ2v) is 2.34. The van der Waals surface area contributed by atoms with Crippen LogP contribution in [0.15, 0.2) is 0 Å². The van der Waals surface area contributed by atoms with Crippen molar-refractivity contribution in [1.82, 2.24) is 9.71 Å². The Morgan fingerprint density at radius 1 is 1.12 bits per heavy atom. The number of hydrogen-bond acceptors (Lipinski definition) is 2. The van der Waals surface area contributed by atoms with E-state index in [1.54, 1.807) is 0 Å². The molecule has 0 spiro atoms. The van der Waals surface area contributed by atoms with Crippen molar-refractivity contribution >= 4 is 7.98 Å². The standard InChI is InChI=1S/C5H11BN2/c1-7-2-4-8(6)5-3-7/h2-5H2,1H3. The lowest BCUT2D eigenvalue weighted by Crippen LogP contribution is -2.42. The van der Waals surface area contributed by atoms with Crippen LogP contribution in [0.4, 0.5) is 0 Å². The van der Waals surface area contributed by atoms with Crippen LogP contribution in [0.5, 0.6) is 0 Å². The minimum Gasteiger partial charge on any atom is -0.351 e. The van der Waals surface area contributed by atoms with E-state index in [0.717, 1.165) is 26.2 Å². The fraction of sp³-hybridized carbons (Fsp3) is 1.00. The molecule has 1 fully saturated rings. The Labute approximate surface area is 51.9 Å². The molecule has 8 heavy (non-hydrogen) atoms. The Balaban J connectivity index is 2.19. The minimum atomic E-state index is 1.01. The average molecular weight is 110 g/mol. The van der Waals surface area contributed by atoms with Crippen molar-refractivity contribution in [3.63, 3.8) is 0 Å². The van der Waals surface area contributed by atoms with Crippen LogP contribution >= 0.6 is 0 Å². The summed E-state index contributed by atoms with van der Waals surface area (Å²) < 4.78 is 0. The summed E-state index contributed by atoms with van der Waals surface area (Å²) in [6.07, 6.45) is 0. The minimum absolute atomic E-state index is 1.01. The molecule has 3 heteroatoms. The van der Waals surface area contributed by atoms with E-state index in [1.807, 2.05) is 4.81 Å². The molecular weight excluding hydrogens is 98.9 g/mol. The van der Waals surface area contributed by atoms with Crippen molar-refractivity contribution < 1.29 is 0 Å². The highest BCUT2D eigenvalue weighted by Gasteiger charge is 2.07. The molecule has 1 rings (SSSR count). The highest BCUT2D eigenvalue weighted by atomic mass is 15.2. The molecule has 1 saturated heterocycles. The first-order valence-electron chi connectivity index (χ1n) is 2.97. The molecule has 0 aliphatic carbocycles. The van der Waals surface area contributed by atoms with Gasteiger partial charge in [-0.3, -0.25) is 0 Å². The number of rotatable bonds is 0. The van der Waals surface area contributed by atoms with Crippen LogP contribution in [0.3, 0.4) is 0 Å². The first-order chi connectivity index (χ1) is 3.79. The van der Waals surface area contributed by atoms with Crippen molar-refractivity contribution in [3.05, 3.63) is 0 Å². The van der Waals surface area contributed by atoms with Crippen LogP contribution in [0.25, 0.3) is 0 Å². The van der Waals surface area contributed by atoms with Gasteiger partial charge in [-0.25, -0.2) is 0 Å². The van der Waals surface area contributed by atoms with Crippen LogP contribution in [0.1, 0.15) is 0 Å². The Morgan fingerprint density at radius 2 is 1.62 bits per heavy atom. The Hall–Kier alpha value is -0.0151. The molecule has 1 heterocycles. The second kappa shape index (κ2) is 2.51. The quantitative estimate of drug-likeness (QED) is 0.381. The van der Waals surface area contributed by atoms with Crippen LogP contribution < -0.4 is 0 Å². The predicted molar refractivity (Wildman–Crippen MR) is 34.8 cm³/mol. The van der Waals surface area contributed by atoms with E-state index < -0.39 is 0 Å². The van der Waals surface area contributed by atoms with Gasteiger partial charge in [0.15, 0.2) is 7.98 Å². The normalized spacial score (nSPS) is 26.1. The molecule has 0 aromatic carbocycles. The van der Waals surface area contributed by atoms with Gasteiger partial charge < -0.3 is 9.71 Å². The summed E-state index contributed by atoms with van der Waals surface area (Å²) in [5, 5.41) is 0. The molecule has 2 nitrogen and oxygen atoms in total. The average Bonchev–Trinajstić information content (AvgIpc) is 1.77. The first-order valence-corrected chi connectivity index (χ1v) is 2.97. The maximum atomic E-state index is 5.50. The molecule has 0 amide bonds. The Kier molecular flexibility index (Phi) is 1.92. The largest absolute Gasteiger partial charge is 0.351 e. The number of hydrogen-bond donors (Lipinski definition) is 0. The molecule has 44 valence electrons. The SMILES string of the molecule is [B]N1CCN(C)CC1. The molecule has 0 aromatic rings. The van der Waals surface area contributed by atoms with Gasteiger partial charge in [-0.2, -0.15) is 0 Å².